The highest BCUT2D eigenvalue weighted by Crippen LogP contribution is 2.03. The molecule has 0 N–H and O–H groups in total. The van der Waals surface area contributed by atoms with Crippen LogP contribution in [0.3, 0.4) is 0 Å². The van der Waals surface area contributed by atoms with Crippen LogP contribution in [0.4, 0.5) is 0 Å². The van der Waals surface area contributed by atoms with Crippen LogP contribution in [0.2, 0.25) is 0 Å². The average Bonchev–Trinajstić information content (AvgIpc) is 1.78. The normalized spacial score (nSPS) is 28.3. The van der Waals surface area contributed by atoms with E-state index in [0.717, 1.165) is 0 Å². The summed E-state index contributed by atoms with van der Waals surface area (Å²) in [5.41, 5.74) is 0. The van der Waals surface area contributed by atoms with Gasteiger partial charge in [0.2, 0.25) is 0 Å². The highest BCUT2D eigenvalue weighted by Gasteiger charge is 2.21. The highest BCUT2D eigenvalue weighted by molar-refractivity contribution is 4.55. The van der Waals surface area contributed by atoms with Crippen molar-refractivity contribution in [1.82, 2.24) is 4.90 Å². The van der Waals surface area contributed by atoms with Gasteiger partial charge in [-0.3, -0.25) is 4.90 Å². The Morgan fingerprint density at radius 2 is 1.56 bits per heavy atom. The topological polar surface area (TPSA) is 3.24 Å². The lowest BCUT2D eigenvalue weighted by molar-refractivity contribution is -0.894. The monoisotopic (exact) mass is 129 g/mol. The fourth-order valence-corrected chi connectivity index (χ4v) is 1.11. The van der Waals surface area contributed by atoms with E-state index in [-0.39, 0.29) is 0 Å². The molecule has 0 radical (unpaired) electrons. The van der Waals surface area contributed by atoms with Crippen LogP contribution in [-0.4, -0.2) is 56.7 Å². The summed E-state index contributed by atoms with van der Waals surface area (Å²) in [7, 11) is 6.79. The van der Waals surface area contributed by atoms with Crippen molar-refractivity contribution < 1.29 is 4.48 Å². The molecular formula is C7H17N2+. The summed E-state index contributed by atoms with van der Waals surface area (Å²) >= 11 is 0. The Bertz CT molecular complexity index is 89.1. The molecule has 0 unspecified atom stereocenters. The van der Waals surface area contributed by atoms with E-state index in [1.807, 2.05) is 0 Å². The first-order valence-electron chi connectivity index (χ1n) is 3.61. The van der Waals surface area contributed by atoms with Gasteiger partial charge in [-0.1, -0.05) is 0 Å². The van der Waals surface area contributed by atoms with Gasteiger partial charge >= 0.3 is 0 Å². The molecule has 9 heavy (non-hydrogen) atoms. The number of likely N-dealkylation sites (N-methyl/N-ethyl adjacent to an activating group) is 2. The van der Waals surface area contributed by atoms with E-state index >= 15 is 0 Å². The number of nitrogens with zero attached hydrogens (tertiary/aromatic N) is 2. The molecule has 0 aromatic heterocycles. The van der Waals surface area contributed by atoms with Gasteiger partial charge in [-0.2, -0.15) is 0 Å². The zero-order chi connectivity index (χ0) is 6.91. The van der Waals surface area contributed by atoms with Crippen LogP contribution in [-0.2, 0) is 0 Å². The molecule has 0 amide bonds. The van der Waals surface area contributed by atoms with Gasteiger partial charge in [-0.25, -0.2) is 0 Å². The maximum atomic E-state index is 2.39. The zero-order valence-corrected chi connectivity index (χ0v) is 6.72. The van der Waals surface area contributed by atoms with E-state index in [4.69, 9.17) is 0 Å². The summed E-state index contributed by atoms with van der Waals surface area (Å²) in [5, 5.41) is 0. The van der Waals surface area contributed by atoms with Crippen LogP contribution in [0.15, 0.2) is 0 Å². The predicted molar refractivity (Wildman–Crippen MR) is 39.3 cm³/mol. The summed E-state index contributed by atoms with van der Waals surface area (Å²) < 4.78 is 1.20. The minimum absolute atomic E-state index is 1.20. The smallest absolute Gasteiger partial charge is 0.0912 e. The second kappa shape index (κ2) is 2.27. The fourth-order valence-electron chi connectivity index (χ4n) is 1.11. The second-order valence-corrected chi connectivity index (χ2v) is 3.69. The Morgan fingerprint density at radius 1 is 1.11 bits per heavy atom. The van der Waals surface area contributed by atoms with Crippen molar-refractivity contribution in [1.29, 1.82) is 0 Å². The van der Waals surface area contributed by atoms with Gasteiger partial charge in [0, 0.05) is 13.1 Å². The molecule has 2 heteroatoms. The molecule has 0 aromatic rings. The van der Waals surface area contributed by atoms with Crippen molar-refractivity contribution in [3.8, 4) is 0 Å². The summed E-state index contributed by atoms with van der Waals surface area (Å²) in [5.74, 6) is 0. The summed E-state index contributed by atoms with van der Waals surface area (Å²) in [6.07, 6.45) is 0. The lowest BCUT2D eigenvalue weighted by Crippen LogP contribution is -2.53. The number of quaternary nitrogens is 1. The van der Waals surface area contributed by atoms with Crippen LogP contribution in [0.25, 0.3) is 0 Å². The van der Waals surface area contributed by atoms with Crippen LogP contribution >= 0.6 is 0 Å². The second-order valence-electron chi connectivity index (χ2n) is 3.69. The molecule has 1 heterocycles. The summed E-state index contributed by atoms with van der Waals surface area (Å²) in [4.78, 5) is 2.39. The molecule has 1 rings (SSSR count). The Labute approximate surface area is 57.7 Å². The van der Waals surface area contributed by atoms with E-state index in [1.165, 1.54) is 30.7 Å². The molecule has 54 valence electrons. The lowest BCUT2D eigenvalue weighted by atomic mass is 10.3. The Hall–Kier alpha value is -0.0800. The average molecular weight is 129 g/mol. The van der Waals surface area contributed by atoms with Gasteiger partial charge in [-0.15, -0.1) is 0 Å². The van der Waals surface area contributed by atoms with Crippen LogP contribution < -0.4 is 0 Å². The molecule has 0 aliphatic carbocycles. The first-order chi connectivity index (χ1) is 4.10. The standard InChI is InChI=1S/C7H17N2/c1-8-4-6-9(2,3)7-5-8/h4-7H2,1-3H3/q+1. The van der Waals surface area contributed by atoms with Gasteiger partial charge in [0.1, 0.15) is 0 Å². The first kappa shape index (κ1) is 7.03. The molecular weight excluding hydrogens is 112 g/mol. The van der Waals surface area contributed by atoms with Crippen molar-refractivity contribution in [2.24, 2.45) is 0 Å². The molecule has 1 aliphatic heterocycles. The number of rotatable bonds is 0. The Morgan fingerprint density at radius 3 is 1.89 bits per heavy atom. The number of hydrogen-bond acceptors (Lipinski definition) is 1. The van der Waals surface area contributed by atoms with Gasteiger partial charge in [-0.05, 0) is 7.05 Å². The van der Waals surface area contributed by atoms with E-state index in [1.54, 1.807) is 0 Å². The first-order valence-corrected chi connectivity index (χ1v) is 3.61. The van der Waals surface area contributed by atoms with E-state index in [9.17, 15) is 0 Å². The molecule has 0 atom stereocenters. The number of piperazine rings is 1. The quantitative estimate of drug-likeness (QED) is 0.416. The Kier molecular flexibility index (Phi) is 1.78. The number of hydrogen-bond donors (Lipinski definition) is 0. The minimum atomic E-state index is 1.20. The van der Waals surface area contributed by atoms with Gasteiger partial charge in [0.05, 0.1) is 27.2 Å². The van der Waals surface area contributed by atoms with Crippen molar-refractivity contribution in [2.45, 2.75) is 0 Å². The van der Waals surface area contributed by atoms with Gasteiger partial charge in [0.25, 0.3) is 0 Å². The molecule has 0 bridgehead atoms. The van der Waals surface area contributed by atoms with Crippen LogP contribution in [0.5, 0.6) is 0 Å². The summed E-state index contributed by atoms with van der Waals surface area (Å²) in [6.45, 7) is 5.12. The highest BCUT2D eigenvalue weighted by atomic mass is 15.4. The maximum Gasteiger partial charge on any atom is 0.0912 e. The summed E-state index contributed by atoms with van der Waals surface area (Å²) in [6, 6.07) is 0. The zero-order valence-electron chi connectivity index (χ0n) is 6.72. The van der Waals surface area contributed by atoms with Crippen molar-refractivity contribution >= 4 is 0 Å². The molecule has 2 nitrogen and oxygen atoms in total. The SMILES string of the molecule is CN1CC[N+](C)(C)CC1. The predicted octanol–water partition coefficient (Wildman–Crippen LogP) is 0.00820. The van der Waals surface area contributed by atoms with Crippen molar-refractivity contribution in [2.75, 3.05) is 47.3 Å². The maximum absolute atomic E-state index is 2.39. The minimum Gasteiger partial charge on any atom is -0.326 e. The Balaban J connectivity index is 2.35. The molecule has 0 aromatic carbocycles. The lowest BCUT2D eigenvalue weighted by Gasteiger charge is -2.37. The van der Waals surface area contributed by atoms with E-state index in [0.29, 0.717) is 0 Å². The molecule has 1 fully saturated rings. The molecule has 1 aliphatic rings. The van der Waals surface area contributed by atoms with Gasteiger partial charge in [0.15, 0.2) is 0 Å². The fraction of sp³-hybridized carbons (Fsp3) is 1.00. The van der Waals surface area contributed by atoms with E-state index in [2.05, 4.69) is 26.0 Å². The third kappa shape index (κ3) is 1.95. The third-order valence-electron chi connectivity index (χ3n) is 2.17. The van der Waals surface area contributed by atoms with Crippen molar-refractivity contribution in [3.05, 3.63) is 0 Å². The van der Waals surface area contributed by atoms with Crippen molar-refractivity contribution in [3.63, 3.8) is 0 Å². The molecule has 0 saturated carbocycles. The van der Waals surface area contributed by atoms with Gasteiger partial charge < -0.3 is 4.48 Å². The van der Waals surface area contributed by atoms with Crippen LogP contribution in [0, 0.1) is 0 Å². The molecule has 0 spiro atoms. The molecule has 1 saturated heterocycles. The largest absolute Gasteiger partial charge is 0.326 e. The third-order valence-corrected chi connectivity index (χ3v) is 2.17. The van der Waals surface area contributed by atoms with E-state index < -0.39 is 0 Å². The van der Waals surface area contributed by atoms with Crippen LogP contribution in [0.1, 0.15) is 0 Å².